The Bertz CT molecular complexity index is 830. The predicted octanol–water partition coefficient (Wildman–Crippen LogP) is 3.50. The molecule has 2 aromatic rings. The lowest BCUT2D eigenvalue weighted by atomic mass is 10.1. The minimum Gasteiger partial charge on any atom is -0.453 e. The average Bonchev–Trinajstić information content (AvgIpc) is 2.62. The maximum absolute atomic E-state index is 12.2. The summed E-state index contributed by atoms with van der Waals surface area (Å²) >= 11 is 5.78. The van der Waals surface area contributed by atoms with Gasteiger partial charge in [0.05, 0.1) is 0 Å². The maximum Gasteiger partial charge on any atom is 0.326 e. The van der Waals surface area contributed by atoms with E-state index in [0.717, 1.165) is 11.1 Å². The molecule has 0 aliphatic carbocycles. The molecule has 5 nitrogen and oxygen atoms in total. The van der Waals surface area contributed by atoms with E-state index in [1.54, 1.807) is 36.4 Å². The van der Waals surface area contributed by atoms with Gasteiger partial charge in [-0.15, -0.1) is 0 Å². The lowest BCUT2D eigenvalue weighted by Gasteiger charge is -2.13. The first-order chi connectivity index (χ1) is 12.3. The monoisotopic (exact) mass is 373 g/mol. The van der Waals surface area contributed by atoms with E-state index in [2.05, 4.69) is 5.32 Å². The zero-order chi connectivity index (χ0) is 19.3. The molecule has 1 N–H and O–H groups in total. The van der Waals surface area contributed by atoms with Crippen molar-refractivity contribution in [1.29, 1.82) is 0 Å². The van der Waals surface area contributed by atoms with Crippen molar-refractivity contribution < 1.29 is 19.1 Å². The van der Waals surface area contributed by atoms with Gasteiger partial charge in [-0.05, 0) is 68.3 Å². The first kappa shape index (κ1) is 19.7. The van der Waals surface area contributed by atoms with Crippen molar-refractivity contribution in [2.75, 3.05) is 6.54 Å². The summed E-state index contributed by atoms with van der Waals surface area (Å²) in [5.74, 6) is -1.39. The molecular formula is C20H20ClNO4. The molecule has 0 saturated heterocycles. The highest BCUT2D eigenvalue weighted by Crippen LogP contribution is 2.12. The number of benzene rings is 2. The Balaban J connectivity index is 1.87. The number of aryl methyl sites for hydroxylation is 2. The second kappa shape index (κ2) is 8.63. The van der Waals surface area contributed by atoms with Gasteiger partial charge in [0, 0.05) is 16.1 Å². The van der Waals surface area contributed by atoms with Crippen molar-refractivity contribution in [3.63, 3.8) is 0 Å². The van der Waals surface area contributed by atoms with Crippen LogP contribution < -0.4 is 5.32 Å². The summed E-state index contributed by atoms with van der Waals surface area (Å²) in [5, 5.41) is 3.01. The van der Waals surface area contributed by atoms with Gasteiger partial charge >= 0.3 is 5.97 Å². The maximum atomic E-state index is 12.2. The van der Waals surface area contributed by atoms with Gasteiger partial charge in [-0.25, -0.2) is 0 Å². The van der Waals surface area contributed by atoms with E-state index in [1.165, 1.54) is 6.92 Å². The minimum absolute atomic E-state index is 0.315. The van der Waals surface area contributed by atoms with Crippen LogP contribution in [-0.4, -0.2) is 30.3 Å². The smallest absolute Gasteiger partial charge is 0.326 e. The summed E-state index contributed by atoms with van der Waals surface area (Å²) in [6, 6.07) is 11.6. The highest BCUT2D eigenvalue weighted by molar-refractivity contribution is 6.30. The number of esters is 1. The van der Waals surface area contributed by atoms with Crippen molar-refractivity contribution in [1.82, 2.24) is 5.32 Å². The minimum atomic E-state index is -0.956. The van der Waals surface area contributed by atoms with Gasteiger partial charge in [0.15, 0.2) is 6.10 Å². The van der Waals surface area contributed by atoms with Crippen LogP contribution in [0.15, 0.2) is 42.5 Å². The standard InChI is InChI=1S/C20H20ClNO4/c1-12-4-5-16(10-13(12)2)20(25)22-11-18(23)26-14(3)19(24)15-6-8-17(21)9-7-15/h4-10,14H,11H2,1-3H3,(H,22,25)/t14-/m0/s1. The Labute approximate surface area is 157 Å². The van der Waals surface area contributed by atoms with Crippen LogP contribution in [0.4, 0.5) is 0 Å². The normalized spacial score (nSPS) is 11.5. The molecule has 0 radical (unpaired) electrons. The molecule has 2 aromatic carbocycles. The highest BCUT2D eigenvalue weighted by Gasteiger charge is 2.20. The summed E-state index contributed by atoms with van der Waals surface area (Å²) in [5.41, 5.74) is 2.93. The van der Waals surface area contributed by atoms with Gasteiger partial charge < -0.3 is 10.1 Å². The number of ether oxygens (including phenoxy) is 1. The van der Waals surface area contributed by atoms with Crippen molar-refractivity contribution in [2.24, 2.45) is 0 Å². The first-order valence-electron chi connectivity index (χ1n) is 8.12. The van der Waals surface area contributed by atoms with E-state index in [9.17, 15) is 14.4 Å². The summed E-state index contributed by atoms with van der Waals surface area (Å²) in [6.07, 6.45) is -0.956. The Hall–Kier alpha value is -2.66. The lowest BCUT2D eigenvalue weighted by Crippen LogP contribution is -2.34. The van der Waals surface area contributed by atoms with Gasteiger partial charge in [0.25, 0.3) is 5.91 Å². The van der Waals surface area contributed by atoms with E-state index in [1.807, 2.05) is 19.9 Å². The Morgan fingerprint density at radius 3 is 2.23 bits per heavy atom. The number of hydrogen-bond donors (Lipinski definition) is 1. The molecule has 26 heavy (non-hydrogen) atoms. The number of rotatable bonds is 6. The van der Waals surface area contributed by atoms with E-state index in [0.29, 0.717) is 16.1 Å². The van der Waals surface area contributed by atoms with Crippen LogP contribution in [0.5, 0.6) is 0 Å². The fourth-order valence-corrected chi connectivity index (χ4v) is 2.40. The van der Waals surface area contributed by atoms with Crippen LogP contribution in [0.25, 0.3) is 0 Å². The number of halogens is 1. The van der Waals surface area contributed by atoms with Gasteiger partial charge in [-0.3, -0.25) is 14.4 Å². The Morgan fingerprint density at radius 1 is 1.00 bits per heavy atom. The molecule has 0 aromatic heterocycles. The molecule has 2 rings (SSSR count). The summed E-state index contributed by atoms with van der Waals surface area (Å²) < 4.78 is 5.09. The van der Waals surface area contributed by atoms with Crippen LogP contribution in [0.1, 0.15) is 38.8 Å². The largest absolute Gasteiger partial charge is 0.453 e. The molecule has 0 spiro atoms. The van der Waals surface area contributed by atoms with Gasteiger partial charge in [-0.1, -0.05) is 17.7 Å². The first-order valence-corrected chi connectivity index (χ1v) is 8.50. The second-order valence-corrected chi connectivity index (χ2v) is 6.42. The van der Waals surface area contributed by atoms with E-state index < -0.39 is 12.1 Å². The van der Waals surface area contributed by atoms with Crippen LogP contribution in [0.3, 0.4) is 0 Å². The van der Waals surface area contributed by atoms with Crippen molar-refractivity contribution >= 4 is 29.3 Å². The molecular weight excluding hydrogens is 354 g/mol. The van der Waals surface area contributed by atoms with Crippen LogP contribution in [0.2, 0.25) is 5.02 Å². The lowest BCUT2D eigenvalue weighted by molar-refractivity contribution is -0.145. The Morgan fingerprint density at radius 2 is 1.62 bits per heavy atom. The number of Topliss-reactive ketones (excluding diaryl/α,β-unsaturated/α-hetero) is 1. The fraction of sp³-hybridized carbons (Fsp3) is 0.250. The van der Waals surface area contributed by atoms with Crippen molar-refractivity contribution in [2.45, 2.75) is 26.9 Å². The number of ketones is 1. The summed E-state index contributed by atoms with van der Waals surface area (Å²) in [6.45, 7) is 5.03. The third-order valence-corrected chi connectivity index (χ3v) is 4.22. The Kier molecular flexibility index (Phi) is 6.52. The molecule has 0 aliphatic heterocycles. The highest BCUT2D eigenvalue weighted by atomic mass is 35.5. The second-order valence-electron chi connectivity index (χ2n) is 5.98. The molecule has 0 unspecified atom stereocenters. The molecule has 0 saturated carbocycles. The number of nitrogens with one attached hydrogen (secondary N) is 1. The van der Waals surface area contributed by atoms with Crippen molar-refractivity contribution in [3.8, 4) is 0 Å². The number of hydrogen-bond acceptors (Lipinski definition) is 4. The molecule has 6 heteroatoms. The van der Waals surface area contributed by atoms with Crippen LogP contribution in [-0.2, 0) is 9.53 Å². The van der Waals surface area contributed by atoms with E-state index in [-0.39, 0.29) is 18.2 Å². The molecule has 1 atom stereocenters. The molecule has 0 heterocycles. The third-order valence-electron chi connectivity index (χ3n) is 3.97. The quantitative estimate of drug-likeness (QED) is 0.621. The van der Waals surface area contributed by atoms with E-state index >= 15 is 0 Å². The molecule has 1 amide bonds. The molecule has 0 fully saturated rings. The average molecular weight is 374 g/mol. The van der Waals surface area contributed by atoms with Gasteiger partial charge in [-0.2, -0.15) is 0 Å². The van der Waals surface area contributed by atoms with Crippen LogP contribution >= 0.6 is 11.6 Å². The molecule has 0 aliphatic rings. The molecule has 0 bridgehead atoms. The topological polar surface area (TPSA) is 72.5 Å². The van der Waals surface area contributed by atoms with Gasteiger partial charge in [0.2, 0.25) is 5.78 Å². The summed E-state index contributed by atoms with van der Waals surface area (Å²) in [4.78, 5) is 36.2. The fourth-order valence-electron chi connectivity index (χ4n) is 2.28. The zero-order valence-electron chi connectivity index (χ0n) is 14.8. The predicted molar refractivity (Wildman–Crippen MR) is 99.6 cm³/mol. The van der Waals surface area contributed by atoms with E-state index in [4.69, 9.17) is 16.3 Å². The number of carbonyl (C=O) groups is 3. The number of carbonyl (C=O) groups excluding carboxylic acids is 3. The SMILES string of the molecule is Cc1ccc(C(=O)NCC(=O)O[C@@H](C)C(=O)c2ccc(Cl)cc2)cc1C. The zero-order valence-corrected chi connectivity index (χ0v) is 15.6. The third kappa shape index (κ3) is 5.17. The molecule has 136 valence electrons. The van der Waals surface area contributed by atoms with Gasteiger partial charge in [0.1, 0.15) is 6.54 Å². The number of amides is 1. The summed E-state index contributed by atoms with van der Waals surface area (Å²) in [7, 11) is 0. The van der Waals surface area contributed by atoms with Crippen LogP contribution in [0, 0.1) is 13.8 Å². The van der Waals surface area contributed by atoms with Crippen molar-refractivity contribution in [3.05, 3.63) is 69.7 Å².